The van der Waals surface area contributed by atoms with Crippen LogP contribution in [0.5, 0.6) is 0 Å². The first-order chi connectivity index (χ1) is 6.81. The maximum absolute atomic E-state index is 4.29. The minimum Gasteiger partial charge on any atom is -0.307 e. The zero-order valence-electron chi connectivity index (χ0n) is 8.14. The first-order valence-electron chi connectivity index (χ1n) is 4.36. The molecule has 0 saturated carbocycles. The molecule has 14 heavy (non-hydrogen) atoms. The van der Waals surface area contributed by atoms with E-state index >= 15 is 0 Å². The van der Waals surface area contributed by atoms with Gasteiger partial charge in [-0.25, -0.2) is 4.98 Å². The van der Waals surface area contributed by atoms with Crippen molar-refractivity contribution < 1.29 is 0 Å². The van der Waals surface area contributed by atoms with Gasteiger partial charge in [0.2, 0.25) is 0 Å². The van der Waals surface area contributed by atoms with E-state index < -0.39 is 0 Å². The van der Waals surface area contributed by atoms with Crippen LogP contribution in [-0.4, -0.2) is 21.8 Å². The van der Waals surface area contributed by atoms with E-state index in [2.05, 4.69) is 15.4 Å². The van der Waals surface area contributed by atoms with Gasteiger partial charge >= 0.3 is 0 Å². The van der Waals surface area contributed by atoms with Gasteiger partial charge < -0.3 is 5.32 Å². The molecule has 4 nitrogen and oxygen atoms in total. The molecule has 0 amide bonds. The van der Waals surface area contributed by atoms with E-state index in [1.165, 1.54) is 0 Å². The van der Waals surface area contributed by atoms with Gasteiger partial charge in [0, 0.05) is 30.4 Å². The SMILES string of the molecule is CNC(c1cnn(C)c1)c1nccs1. The van der Waals surface area contributed by atoms with Crippen LogP contribution in [0.2, 0.25) is 0 Å². The highest BCUT2D eigenvalue weighted by Crippen LogP contribution is 2.22. The average Bonchev–Trinajstić information content (AvgIpc) is 2.79. The van der Waals surface area contributed by atoms with Crippen LogP contribution in [0.3, 0.4) is 0 Å². The van der Waals surface area contributed by atoms with Gasteiger partial charge in [0.1, 0.15) is 5.01 Å². The number of aryl methyl sites for hydroxylation is 1. The van der Waals surface area contributed by atoms with Crippen molar-refractivity contribution in [2.45, 2.75) is 6.04 Å². The van der Waals surface area contributed by atoms with E-state index in [4.69, 9.17) is 0 Å². The van der Waals surface area contributed by atoms with Crippen LogP contribution in [0.4, 0.5) is 0 Å². The van der Waals surface area contributed by atoms with E-state index in [0.29, 0.717) is 0 Å². The van der Waals surface area contributed by atoms with Crippen molar-refractivity contribution in [2.75, 3.05) is 7.05 Å². The smallest absolute Gasteiger partial charge is 0.114 e. The number of nitrogens with one attached hydrogen (secondary N) is 1. The Morgan fingerprint density at radius 3 is 2.93 bits per heavy atom. The lowest BCUT2D eigenvalue weighted by Gasteiger charge is -2.10. The summed E-state index contributed by atoms with van der Waals surface area (Å²) in [5.41, 5.74) is 1.14. The van der Waals surface area contributed by atoms with Gasteiger partial charge in [0.25, 0.3) is 0 Å². The zero-order valence-corrected chi connectivity index (χ0v) is 8.95. The lowest BCUT2D eigenvalue weighted by molar-refractivity contribution is 0.684. The third-order valence-electron chi connectivity index (χ3n) is 2.05. The standard InChI is InChI=1S/C9H12N4S/c1-10-8(9-11-3-4-14-9)7-5-12-13(2)6-7/h3-6,8,10H,1-2H3. The molecule has 0 aliphatic carbocycles. The summed E-state index contributed by atoms with van der Waals surface area (Å²) >= 11 is 1.65. The molecule has 0 aliphatic rings. The molecule has 2 heterocycles. The van der Waals surface area contributed by atoms with Crippen LogP contribution in [0, 0.1) is 0 Å². The summed E-state index contributed by atoms with van der Waals surface area (Å²) in [6.07, 6.45) is 5.69. The van der Waals surface area contributed by atoms with E-state index in [0.717, 1.165) is 10.6 Å². The Morgan fingerprint density at radius 2 is 2.43 bits per heavy atom. The average molecular weight is 208 g/mol. The lowest BCUT2D eigenvalue weighted by atomic mass is 10.2. The molecular formula is C9H12N4S. The van der Waals surface area contributed by atoms with Crippen molar-refractivity contribution in [3.63, 3.8) is 0 Å². The third-order valence-corrected chi connectivity index (χ3v) is 2.89. The van der Waals surface area contributed by atoms with Crippen LogP contribution in [0.1, 0.15) is 16.6 Å². The molecule has 2 aromatic rings. The Bertz CT molecular complexity index is 393. The van der Waals surface area contributed by atoms with Gasteiger partial charge in [-0.05, 0) is 7.05 Å². The summed E-state index contributed by atoms with van der Waals surface area (Å²) in [6.45, 7) is 0. The van der Waals surface area contributed by atoms with Crippen LogP contribution >= 0.6 is 11.3 Å². The Labute approximate surface area is 86.6 Å². The van der Waals surface area contributed by atoms with Crippen LogP contribution in [0.25, 0.3) is 0 Å². The van der Waals surface area contributed by atoms with Gasteiger partial charge in [0.15, 0.2) is 0 Å². The first kappa shape index (κ1) is 9.36. The number of thiazole rings is 1. The van der Waals surface area contributed by atoms with Crippen molar-refractivity contribution in [1.29, 1.82) is 0 Å². The molecule has 2 rings (SSSR count). The summed E-state index contributed by atoms with van der Waals surface area (Å²) in [5.74, 6) is 0. The highest BCUT2D eigenvalue weighted by Gasteiger charge is 2.15. The number of nitrogens with zero attached hydrogens (tertiary/aromatic N) is 3. The highest BCUT2D eigenvalue weighted by atomic mass is 32.1. The Hall–Kier alpha value is -1.20. The summed E-state index contributed by atoms with van der Waals surface area (Å²) in [6, 6.07) is 0.156. The predicted molar refractivity (Wildman–Crippen MR) is 56.2 cm³/mol. The van der Waals surface area contributed by atoms with E-state index in [1.54, 1.807) is 16.0 Å². The maximum Gasteiger partial charge on any atom is 0.114 e. The quantitative estimate of drug-likeness (QED) is 0.823. The molecular weight excluding hydrogens is 196 g/mol. The summed E-state index contributed by atoms with van der Waals surface area (Å²) in [4.78, 5) is 4.29. The minimum absolute atomic E-state index is 0.156. The van der Waals surface area contributed by atoms with Gasteiger partial charge in [0.05, 0.1) is 12.2 Å². The van der Waals surface area contributed by atoms with Gasteiger partial charge in [-0.1, -0.05) is 0 Å². The molecule has 0 fully saturated rings. The molecule has 0 bridgehead atoms. The Balaban J connectivity index is 2.31. The number of rotatable bonds is 3. The number of hydrogen-bond donors (Lipinski definition) is 1. The van der Waals surface area contributed by atoms with Gasteiger partial charge in [-0.15, -0.1) is 11.3 Å². The molecule has 1 atom stereocenters. The second kappa shape index (κ2) is 3.89. The monoisotopic (exact) mass is 208 g/mol. The number of aromatic nitrogens is 3. The van der Waals surface area contributed by atoms with Crippen LogP contribution in [0.15, 0.2) is 24.0 Å². The maximum atomic E-state index is 4.29. The zero-order chi connectivity index (χ0) is 9.97. The fourth-order valence-electron chi connectivity index (χ4n) is 1.40. The van der Waals surface area contributed by atoms with Gasteiger partial charge in [-0.2, -0.15) is 5.10 Å². The predicted octanol–water partition coefficient (Wildman–Crippen LogP) is 1.19. The second-order valence-corrected chi connectivity index (χ2v) is 3.97. The topological polar surface area (TPSA) is 42.7 Å². The van der Waals surface area contributed by atoms with E-state index in [-0.39, 0.29) is 6.04 Å². The summed E-state index contributed by atoms with van der Waals surface area (Å²) in [5, 5.41) is 10.4. The van der Waals surface area contributed by atoms with Crippen molar-refractivity contribution >= 4 is 11.3 Å². The largest absolute Gasteiger partial charge is 0.307 e. The van der Waals surface area contributed by atoms with Crippen LogP contribution in [-0.2, 0) is 7.05 Å². The van der Waals surface area contributed by atoms with E-state index in [1.807, 2.05) is 38.1 Å². The molecule has 74 valence electrons. The van der Waals surface area contributed by atoms with Gasteiger partial charge in [-0.3, -0.25) is 4.68 Å². The molecule has 1 unspecified atom stereocenters. The Morgan fingerprint density at radius 1 is 1.57 bits per heavy atom. The van der Waals surface area contributed by atoms with Crippen molar-refractivity contribution in [3.05, 3.63) is 34.5 Å². The first-order valence-corrected chi connectivity index (χ1v) is 5.24. The van der Waals surface area contributed by atoms with E-state index in [9.17, 15) is 0 Å². The molecule has 0 aliphatic heterocycles. The molecule has 0 radical (unpaired) electrons. The number of hydrogen-bond acceptors (Lipinski definition) is 4. The lowest BCUT2D eigenvalue weighted by Crippen LogP contribution is -2.16. The second-order valence-electron chi connectivity index (χ2n) is 3.04. The van der Waals surface area contributed by atoms with Crippen molar-refractivity contribution in [3.8, 4) is 0 Å². The molecule has 1 N–H and O–H groups in total. The Kier molecular flexibility index (Phi) is 2.60. The molecule has 5 heteroatoms. The third kappa shape index (κ3) is 1.69. The molecule has 0 aromatic carbocycles. The minimum atomic E-state index is 0.156. The normalized spacial score (nSPS) is 13.0. The van der Waals surface area contributed by atoms with Crippen LogP contribution < -0.4 is 5.32 Å². The summed E-state index contributed by atoms with van der Waals surface area (Å²) in [7, 11) is 3.84. The highest BCUT2D eigenvalue weighted by molar-refractivity contribution is 7.09. The molecule has 0 saturated heterocycles. The summed E-state index contributed by atoms with van der Waals surface area (Å²) < 4.78 is 1.80. The molecule has 0 spiro atoms. The van der Waals surface area contributed by atoms with Crippen molar-refractivity contribution in [1.82, 2.24) is 20.1 Å². The fourth-order valence-corrected chi connectivity index (χ4v) is 2.17. The molecule has 2 aromatic heterocycles. The fraction of sp³-hybridized carbons (Fsp3) is 0.333. The van der Waals surface area contributed by atoms with Crippen molar-refractivity contribution in [2.24, 2.45) is 7.05 Å².